The topological polar surface area (TPSA) is 72.5 Å². The molecule has 1 aromatic rings. The van der Waals surface area contributed by atoms with Crippen molar-refractivity contribution in [2.75, 3.05) is 33.5 Å². The van der Waals surface area contributed by atoms with Crippen LogP contribution in [-0.4, -0.2) is 51.8 Å². The Balaban J connectivity index is 2.52. The molecular weight excluding hydrogens is 383 g/mol. The summed E-state index contributed by atoms with van der Waals surface area (Å²) >= 11 is 0. The highest BCUT2D eigenvalue weighted by atomic mass is 31.2. The van der Waals surface area contributed by atoms with Gasteiger partial charge in [0.2, 0.25) is 0 Å². The van der Waals surface area contributed by atoms with Crippen molar-refractivity contribution in [1.82, 2.24) is 0 Å². The number of methoxy groups -OCH3 is 1. The highest BCUT2D eigenvalue weighted by Gasteiger charge is 2.29. The predicted molar refractivity (Wildman–Crippen MR) is 108 cm³/mol. The van der Waals surface area contributed by atoms with Gasteiger partial charge in [-0.05, 0) is 39.7 Å². The molecule has 0 N–H and O–H groups in total. The standard InChI is InChI=1S/C20H35O7P/c1-17(2)26-28(21,27-18(3)4)16-25-20(14-24-15-22-5)11-12-23-13-19-9-7-6-8-10-19/h6-10,17-18,20H,11-16H2,1-5H3/t20-/m0/s1. The van der Waals surface area contributed by atoms with E-state index in [9.17, 15) is 4.57 Å². The summed E-state index contributed by atoms with van der Waals surface area (Å²) in [5.41, 5.74) is 1.11. The monoisotopic (exact) mass is 418 g/mol. The van der Waals surface area contributed by atoms with Crippen molar-refractivity contribution in [1.29, 1.82) is 0 Å². The highest BCUT2D eigenvalue weighted by Crippen LogP contribution is 2.50. The van der Waals surface area contributed by atoms with E-state index in [0.717, 1.165) is 5.56 Å². The smallest absolute Gasteiger partial charge is 0.356 e. The summed E-state index contributed by atoms with van der Waals surface area (Å²) in [4.78, 5) is 0. The van der Waals surface area contributed by atoms with Gasteiger partial charge in [0.25, 0.3) is 0 Å². The van der Waals surface area contributed by atoms with Crippen LogP contribution in [-0.2, 0) is 39.2 Å². The third kappa shape index (κ3) is 11.9. The second-order valence-electron chi connectivity index (χ2n) is 6.94. The second-order valence-corrected chi connectivity index (χ2v) is 8.84. The van der Waals surface area contributed by atoms with Gasteiger partial charge in [0.15, 0.2) is 0 Å². The van der Waals surface area contributed by atoms with Gasteiger partial charge in [-0.25, -0.2) is 0 Å². The first-order valence-corrected chi connectivity index (χ1v) is 11.3. The van der Waals surface area contributed by atoms with Gasteiger partial charge in [0.1, 0.15) is 13.1 Å². The van der Waals surface area contributed by atoms with Crippen molar-refractivity contribution in [3.05, 3.63) is 35.9 Å². The van der Waals surface area contributed by atoms with Crippen LogP contribution in [0.5, 0.6) is 0 Å². The van der Waals surface area contributed by atoms with Crippen LogP contribution in [0.25, 0.3) is 0 Å². The fraction of sp³-hybridized carbons (Fsp3) is 0.700. The third-order valence-electron chi connectivity index (χ3n) is 3.41. The molecule has 7 nitrogen and oxygen atoms in total. The summed E-state index contributed by atoms with van der Waals surface area (Å²) < 4.78 is 45.8. The van der Waals surface area contributed by atoms with Gasteiger partial charge < -0.3 is 28.0 Å². The number of ether oxygens (including phenoxy) is 4. The van der Waals surface area contributed by atoms with Gasteiger partial charge in [0, 0.05) is 13.7 Å². The van der Waals surface area contributed by atoms with Crippen molar-refractivity contribution >= 4 is 7.60 Å². The van der Waals surface area contributed by atoms with E-state index in [4.69, 9.17) is 28.0 Å². The number of benzene rings is 1. The maximum atomic E-state index is 12.9. The molecule has 0 spiro atoms. The SMILES string of the molecule is COCOC[C@H](CCOCc1ccccc1)OCP(=O)(OC(C)C)OC(C)C. The summed E-state index contributed by atoms with van der Waals surface area (Å²) in [6.45, 7) is 8.72. The molecular formula is C20H35O7P. The van der Waals surface area contributed by atoms with Crippen LogP contribution in [0.4, 0.5) is 0 Å². The van der Waals surface area contributed by atoms with Gasteiger partial charge in [-0.3, -0.25) is 4.57 Å². The van der Waals surface area contributed by atoms with Crippen LogP contribution < -0.4 is 0 Å². The minimum atomic E-state index is -3.36. The molecule has 0 amide bonds. The summed E-state index contributed by atoms with van der Waals surface area (Å²) in [5.74, 6) is 0. The van der Waals surface area contributed by atoms with E-state index in [-0.39, 0.29) is 31.5 Å². The van der Waals surface area contributed by atoms with Gasteiger partial charge in [-0.15, -0.1) is 0 Å². The second kappa shape index (κ2) is 14.2. The van der Waals surface area contributed by atoms with Gasteiger partial charge in [0.05, 0.1) is 31.5 Å². The molecule has 0 aliphatic rings. The van der Waals surface area contributed by atoms with E-state index in [1.54, 1.807) is 7.11 Å². The molecule has 0 heterocycles. The molecule has 28 heavy (non-hydrogen) atoms. The van der Waals surface area contributed by atoms with Crippen molar-refractivity contribution in [3.63, 3.8) is 0 Å². The molecule has 1 aromatic carbocycles. The zero-order valence-electron chi connectivity index (χ0n) is 17.7. The molecule has 1 atom stereocenters. The Labute approximate surface area is 169 Å². The number of hydrogen-bond donors (Lipinski definition) is 0. The zero-order chi connectivity index (χ0) is 20.8. The van der Waals surface area contributed by atoms with Crippen molar-refractivity contribution in [2.24, 2.45) is 0 Å². The van der Waals surface area contributed by atoms with Crippen molar-refractivity contribution < 1.29 is 32.6 Å². The maximum Gasteiger partial charge on any atom is 0.356 e. The molecule has 0 saturated heterocycles. The number of rotatable bonds is 16. The van der Waals surface area contributed by atoms with Crippen LogP contribution in [0, 0.1) is 0 Å². The lowest BCUT2D eigenvalue weighted by Gasteiger charge is -2.25. The zero-order valence-corrected chi connectivity index (χ0v) is 18.6. The molecule has 0 aromatic heterocycles. The van der Waals surface area contributed by atoms with Crippen LogP contribution >= 0.6 is 7.60 Å². The molecule has 0 radical (unpaired) electrons. The summed E-state index contributed by atoms with van der Waals surface area (Å²) in [6.07, 6.45) is -0.329. The summed E-state index contributed by atoms with van der Waals surface area (Å²) in [5, 5.41) is 0. The van der Waals surface area contributed by atoms with Crippen LogP contribution in [0.1, 0.15) is 39.7 Å². The Hall–Kier alpha value is -0.790. The van der Waals surface area contributed by atoms with E-state index in [1.165, 1.54) is 0 Å². The minimum Gasteiger partial charge on any atom is -0.377 e. The Morgan fingerprint density at radius 1 is 0.964 bits per heavy atom. The first-order chi connectivity index (χ1) is 13.3. The third-order valence-corrected chi connectivity index (χ3v) is 5.36. The Bertz CT molecular complexity index is 537. The van der Waals surface area contributed by atoms with E-state index in [2.05, 4.69) is 0 Å². The van der Waals surface area contributed by atoms with E-state index < -0.39 is 7.60 Å². The fourth-order valence-electron chi connectivity index (χ4n) is 2.38. The predicted octanol–water partition coefficient (Wildman–Crippen LogP) is 4.60. The molecule has 0 aliphatic carbocycles. The fourth-order valence-corrected chi connectivity index (χ4v) is 4.23. The average molecular weight is 418 g/mol. The average Bonchev–Trinajstić information content (AvgIpc) is 2.62. The molecule has 0 aliphatic heterocycles. The Morgan fingerprint density at radius 2 is 1.61 bits per heavy atom. The highest BCUT2D eigenvalue weighted by molar-refractivity contribution is 7.53. The molecule has 0 saturated carbocycles. The van der Waals surface area contributed by atoms with Crippen LogP contribution in [0.2, 0.25) is 0 Å². The Morgan fingerprint density at radius 3 is 2.18 bits per heavy atom. The summed E-state index contributed by atoms with van der Waals surface area (Å²) in [6, 6.07) is 9.95. The van der Waals surface area contributed by atoms with E-state index in [0.29, 0.717) is 26.2 Å². The largest absolute Gasteiger partial charge is 0.377 e. The van der Waals surface area contributed by atoms with E-state index >= 15 is 0 Å². The van der Waals surface area contributed by atoms with Gasteiger partial charge in [-0.2, -0.15) is 0 Å². The molecule has 0 fully saturated rings. The molecule has 8 heteroatoms. The molecule has 0 unspecified atom stereocenters. The minimum absolute atomic E-state index is 0.136. The Kier molecular flexibility index (Phi) is 12.8. The number of hydrogen-bond acceptors (Lipinski definition) is 7. The van der Waals surface area contributed by atoms with E-state index in [1.807, 2.05) is 58.0 Å². The van der Waals surface area contributed by atoms with Crippen molar-refractivity contribution in [3.8, 4) is 0 Å². The normalized spacial score (nSPS) is 13.4. The molecule has 162 valence electrons. The van der Waals surface area contributed by atoms with Crippen LogP contribution in [0.3, 0.4) is 0 Å². The summed E-state index contributed by atoms with van der Waals surface area (Å²) in [7, 11) is -1.81. The van der Waals surface area contributed by atoms with Gasteiger partial charge >= 0.3 is 7.60 Å². The molecule has 0 bridgehead atoms. The first kappa shape index (κ1) is 25.2. The van der Waals surface area contributed by atoms with Gasteiger partial charge in [-0.1, -0.05) is 30.3 Å². The lowest BCUT2D eigenvalue weighted by atomic mass is 10.2. The first-order valence-electron chi connectivity index (χ1n) is 9.60. The lowest BCUT2D eigenvalue weighted by Crippen LogP contribution is -2.24. The molecule has 1 rings (SSSR count). The van der Waals surface area contributed by atoms with Crippen molar-refractivity contribution in [2.45, 2.75) is 59.0 Å². The maximum absolute atomic E-state index is 12.9. The quantitative estimate of drug-likeness (QED) is 0.221. The van der Waals surface area contributed by atoms with Crippen LogP contribution in [0.15, 0.2) is 30.3 Å². The lowest BCUT2D eigenvalue weighted by molar-refractivity contribution is -0.0819.